The molecule has 0 aliphatic rings. The molecule has 0 fully saturated rings. The van der Waals surface area contributed by atoms with Gasteiger partial charge in [0.05, 0.1) is 7.85 Å². The second kappa shape index (κ2) is 12.9. The third-order valence-corrected chi connectivity index (χ3v) is 1.08. The third kappa shape index (κ3) is 7.39. The maximum Gasteiger partial charge on any atom is 0.0716 e. The zero-order valence-corrected chi connectivity index (χ0v) is 8.67. The Kier molecular flexibility index (Phi) is 14.9. The summed E-state index contributed by atoms with van der Waals surface area (Å²) in [6.07, 6.45) is 0.640. The minimum atomic E-state index is 0.640. The SMILES string of the molecule is CC.CC.[B]Cc1ccccc1. The van der Waals surface area contributed by atoms with E-state index in [2.05, 4.69) is 0 Å². The predicted molar refractivity (Wildman–Crippen MR) is 58.6 cm³/mol. The quantitative estimate of drug-likeness (QED) is 0.555. The predicted octanol–water partition coefficient (Wildman–Crippen LogP) is 3.41. The fourth-order valence-electron chi connectivity index (χ4n) is 0.614. The summed E-state index contributed by atoms with van der Waals surface area (Å²) in [4.78, 5) is 0. The summed E-state index contributed by atoms with van der Waals surface area (Å²) < 4.78 is 0. The van der Waals surface area contributed by atoms with E-state index in [0.717, 1.165) is 0 Å². The Morgan fingerprint density at radius 1 is 0.917 bits per heavy atom. The molecule has 1 aromatic carbocycles. The van der Waals surface area contributed by atoms with Gasteiger partial charge in [-0.2, -0.15) is 0 Å². The van der Waals surface area contributed by atoms with Crippen LogP contribution in [0.15, 0.2) is 30.3 Å². The molecular weight excluding hydrogens is 143 g/mol. The Bertz CT molecular complexity index is 146. The molecule has 1 heteroatoms. The molecule has 0 aliphatic heterocycles. The van der Waals surface area contributed by atoms with Crippen LogP contribution < -0.4 is 0 Å². The van der Waals surface area contributed by atoms with Gasteiger partial charge in [0.15, 0.2) is 0 Å². The topological polar surface area (TPSA) is 0 Å². The van der Waals surface area contributed by atoms with Crippen molar-refractivity contribution in [2.75, 3.05) is 0 Å². The van der Waals surface area contributed by atoms with Crippen LogP contribution in [0.3, 0.4) is 0 Å². The van der Waals surface area contributed by atoms with Gasteiger partial charge in [-0.25, -0.2) is 0 Å². The van der Waals surface area contributed by atoms with Gasteiger partial charge in [-0.15, -0.1) is 0 Å². The van der Waals surface area contributed by atoms with E-state index in [0.29, 0.717) is 6.32 Å². The zero-order chi connectivity index (χ0) is 9.82. The molecule has 0 spiro atoms. The van der Waals surface area contributed by atoms with Crippen LogP contribution in [0.25, 0.3) is 0 Å². The Morgan fingerprint density at radius 2 is 1.33 bits per heavy atom. The van der Waals surface area contributed by atoms with Crippen molar-refractivity contribution in [2.24, 2.45) is 0 Å². The number of hydrogen-bond acceptors (Lipinski definition) is 0. The van der Waals surface area contributed by atoms with Crippen molar-refractivity contribution >= 4 is 7.85 Å². The van der Waals surface area contributed by atoms with E-state index in [1.54, 1.807) is 0 Å². The van der Waals surface area contributed by atoms with Crippen molar-refractivity contribution in [1.82, 2.24) is 0 Å². The maximum absolute atomic E-state index is 5.35. The second-order valence-electron chi connectivity index (χ2n) is 1.69. The molecule has 1 rings (SSSR count). The molecule has 0 atom stereocenters. The van der Waals surface area contributed by atoms with Gasteiger partial charge in [-0.1, -0.05) is 69.9 Å². The molecule has 0 saturated heterocycles. The van der Waals surface area contributed by atoms with Gasteiger partial charge in [-0.05, 0) is 0 Å². The molecule has 2 radical (unpaired) electrons. The monoisotopic (exact) mass is 162 g/mol. The molecule has 0 aliphatic carbocycles. The molecule has 0 saturated carbocycles. The Labute approximate surface area is 78.4 Å². The molecule has 0 unspecified atom stereocenters. The first-order valence-corrected chi connectivity index (χ1v) is 4.67. The molecule has 0 amide bonds. The van der Waals surface area contributed by atoms with Crippen LogP contribution in [0.5, 0.6) is 0 Å². The fourth-order valence-corrected chi connectivity index (χ4v) is 0.614. The van der Waals surface area contributed by atoms with Crippen LogP contribution in [-0.4, -0.2) is 7.85 Å². The van der Waals surface area contributed by atoms with Crippen molar-refractivity contribution in [3.63, 3.8) is 0 Å². The Morgan fingerprint density at radius 3 is 1.58 bits per heavy atom. The van der Waals surface area contributed by atoms with Crippen molar-refractivity contribution in [2.45, 2.75) is 34.0 Å². The van der Waals surface area contributed by atoms with Crippen LogP contribution in [0.1, 0.15) is 33.3 Å². The summed E-state index contributed by atoms with van der Waals surface area (Å²) in [7, 11) is 5.35. The highest BCUT2D eigenvalue weighted by Crippen LogP contribution is 1.95. The molecule has 12 heavy (non-hydrogen) atoms. The molecular formula is C11H19B. The number of benzene rings is 1. The van der Waals surface area contributed by atoms with Gasteiger partial charge in [0.25, 0.3) is 0 Å². The molecule has 0 aromatic heterocycles. The molecule has 0 heterocycles. The highest BCUT2D eigenvalue weighted by molar-refractivity contribution is 6.08. The molecule has 0 nitrogen and oxygen atoms in total. The minimum Gasteiger partial charge on any atom is -0.0683 e. The molecule has 0 bridgehead atoms. The van der Waals surface area contributed by atoms with E-state index < -0.39 is 0 Å². The van der Waals surface area contributed by atoms with Crippen molar-refractivity contribution in [3.05, 3.63) is 35.9 Å². The normalized spacial score (nSPS) is 7.00. The van der Waals surface area contributed by atoms with Gasteiger partial charge in [-0.3, -0.25) is 0 Å². The van der Waals surface area contributed by atoms with Crippen LogP contribution in [0.4, 0.5) is 0 Å². The zero-order valence-electron chi connectivity index (χ0n) is 8.67. The number of rotatable bonds is 1. The molecule has 1 aromatic rings. The first-order valence-electron chi connectivity index (χ1n) is 4.67. The van der Waals surface area contributed by atoms with E-state index >= 15 is 0 Å². The van der Waals surface area contributed by atoms with Crippen LogP contribution in [-0.2, 0) is 6.32 Å². The summed E-state index contributed by atoms with van der Waals surface area (Å²) in [6.45, 7) is 8.00. The average molecular weight is 162 g/mol. The lowest BCUT2D eigenvalue weighted by molar-refractivity contribution is 1.40. The van der Waals surface area contributed by atoms with Gasteiger partial charge < -0.3 is 0 Å². The summed E-state index contributed by atoms with van der Waals surface area (Å²) in [5.41, 5.74) is 1.19. The smallest absolute Gasteiger partial charge is 0.0683 e. The Hall–Kier alpha value is -0.715. The summed E-state index contributed by atoms with van der Waals surface area (Å²) >= 11 is 0. The lowest BCUT2D eigenvalue weighted by atomic mass is 9.97. The van der Waals surface area contributed by atoms with Crippen molar-refractivity contribution in [1.29, 1.82) is 0 Å². The maximum atomic E-state index is 5.35. The van der Waals surface area contributed by atoms with Crippen LogP contribution in [0, 0.1) is 0 Å². The van der Waals surface area contributed by atoms with Gasteiger partial charge in [0.2, 0.25) is 0 Å². The lowest BCUT2D eigenvalue weighted by Gasteiger charge is -1.89. The summed E-state index contributed by atoms with van der Waals surface area (Å²) in [6, 6.07) is 9.99. The first kappa shape index (κ1) is 13.8. The van der Waals surface area contributed by atoms with Crippen molar-refractivity contribution < 1.29 is 0 Å². The summed E-state index contributed by atoms with van der Waals surface area (Å²) in [5.74, 6) is 0. The standard InChI is InChI=1S/C7H7B.2C2H6/c8-6-7-4-2-1-3-5-7;2*1-2/h1-5H,6H2;2*1-2H3. The first-order chi connectivity index (χ1) is 5.93. The Balaban J connectivity index is 0. The van der Waals surface area contributed by atoms with Crippen molar-refractivity contribution in [3.8, 4) is 0 Å². The molecule has 0 N–H and O–H groups in total. The van der Waals surface area contributed by atoms with Crippen LogP contribution in [0.2, 0.25) is 0 Å². The van der Waals surface area contributed by atoms with Crippen LogP contribution >= 0.6 is 0 Å². The fraction of sp³-hybridized carbons (Fsp3) is 0.455. The summed E-state index contributed by atoms with van der Waals surface area (Å²) in [5, 5.41) is 0. The highest BCUT2D eigenvalue weighted by Gasteiger charge is 1.79. The van der Waals surface area contributed by atoms with Gasteiger partial charge in [0, 0.05) is 0 Å². The van der Waals surface area contributed by atoms with E-state index in [-0.39, 0.29) is 0 Å². The number of hydrogen-bond donors (Lipinski definition) is 0. The van der Waals surface area contributed by atoms with Gasteiger partial charge >= 0.3 is 0 Å². The van der Waals surface area contributed by atoms with E-state index in [4.69, 9.17) is 7.85 Å². The van der Waals surface area contributed by atoms with E-state index in [1.807, 2.05) is 58.0 Å². The van der Waals surface area contributed by atoms with E-state index in [1.165, 1.54) is 5.56 Å². The largest absolute Gasteiger partial charge is 0.0716 e. The highest BCUT2D eigenvalue weighted by atomic mass is 13.8. The third-order valence-electron chi connectivity index (χ3n) is 1.08. The minimum absolute atomic E-state index is 0.640. The second-order valence-corrected chi connectivity index (χ2v) is 1.69. The van der Waals surface area contributed by atoms with E-state index in [9.17, 15) is 0 Å². The average Bonchev–Trinajstić information content (AvgIpc) is 2.25. The van der Waals surface area contributed by atoms with Gasteiger partial charge in [0.1, 0.15) is 0 Å². The molecule has 66 valence electrons. The lowest BCUT2D eigenvalue weighted by Crippen LogP contribution is -1.78.